The van der Waals surface area contributed by atoms with Gasteiger partial charge < -0.3 is 15.3 Å². The van der Waals surface area contributed by atoms with Gasteiger partial charge in [-0.2, -0.15) is 0 Å². The minimum absolute atomic E-state index is 0.115. The maximum atomic E-state index is 12.7. The number of aryl methyl sites for hydroxylation is 4. The number of aromatic hydroxyl groups is 3. The molecule has 0 radical (unpaired) electrons. The van der Waals surface area contributed by atoms with E-state index in [0.717, 1.165) is 94.7 Å². The van der Waals surface area contributed by atoms with E-state index in [-0.39, 0.29) is 17.2 Å². The third kappa shape index (κ3) is 6.56. The van der Waals surface area contributed by atoms with Gasteiger partial charge in [0, 0.05) is 22.6 Å². The summed E-state index contributed by atoms with van der Waals surface area (Å²) in [5, 5.41) is 49.3. The van der Waals surface area contributed by atoms with Crippen LogP contribution < -0.4 is 0 Å². The molecule has 0 atom stereocenters. The lowest BCUT2D eigenvalue weighted by Gasteiger charge is -2.27. The molecule has 0 saturated heterocycles. The Morgan fingerprint density at radius 3 is 1.09 bits per heavy atom. The minimum Gasteiger partial charge on any atom is -0.507 e. The largest absolute Gasteiger partial charge is 0.507 e. The van der Waals surface area contributed by atoms with Crippen molar-refractivity contribution in [3.8, 4) is 50.6 Å². The van der Waals surface area contributed by atoms with Gasteiger partial charge in [-0.1, -0.05) is 140 Å². The molecule has 12 rings (SSSR count). The SMILES string of the molecule is Cc1cc(-c2c3c(cc4ccccc24)CCC=C3)cc(C(c2cc(-c3c4ccccc4cc4ccccc34)cc(C)c2O)c2cc(-c3c4ccccc4cc4ccccc34)cc(C)c2O)c1O. The van der Waals surface area contributed by atoms with Crippen molar-refractivity contribution >= 4 is 59.9 Å². The predicted octanol–water partition coefficient (Wildman–Crippen LogP) is 16.6. The van der Waals surface area contributed by atoms with Crippen molar-refractivity contribution in [3.05, 3.63) is 227 Å². The van der Waals surface area contributed by atoms with E-state index in [1.165, 1.54) is 16.5 Å². The van der Waals surface area contributed by atoms with Gasteiger partial charge in [0.15, 0.2) is 0 Å². The fourth-order valence-electron chi connectivity index (χ4n) is 11.2. The van der Waals surface area contributed by atoms with Crippen molar-refractivity contribution < 1.29 is 15.3 Å². The molecule has 322 valence electrons. The molecule has 0 spiro atoms. The van der Waals surface area contributed by atoms with Gasteiger partial charge in [-0.25, -0.2) is 0 Å². The first-order valence-corrected chi connectivity index (χ1v) is 23.3. The molecule has 3 heteroatoms. The number of hydrogen-bond donors (Lipinski definition) is 3. The Bertz CT molecular complexity index is 3610. The molecule has 0 bridgehead atoms. The average Bonchev–Trinajstić information content (AvgIpc) is 3.35. The highest BCUT2D eigenvalue weighted by Gasteiger charge is 2.31. The molecule has 0 heterocycles. The summed E-state index contributed by atoms with van der Waals surface area (Å²) in [6.45, 7) is 5.86. The van der Waals surface area contributed by atoms with Gasteiger partial charge in [0.05, 0.1) is 0 Å². The molecular formula is C64H48O3. The number of benzene rings is 11. The number of allylic oxidation sites excluding steroid dienone is 1. The Morgan fingerprint density at radius 2 is 0.701 bits per heavy atom. The summed E-state index contributed by atoms with van der Waals surface area (Å²) in [6.07, 6.45) is 6.43. The topological polar surface area (TPSA) is 60.7 Å². The first kappa shape index (κ1) is 40.4. The van der Waals surface area contributed by atoms with Gasteiger partial charge in [-0.3, -0.25) is 0 Å². The summed E-state index contributed by atoms with van der Waals surface area (Å²) in [4.78, 5) is 0. The average molecular weight is 865 g/mol. The van der Waals surface area contributed by atoms with Gasteiger partial charge in [-0.05, 0) is 197 Å². The van der Waals surface area contributed by atoms with E-state index in [2.05, 4.69) is 188 Å². The first-order chi connectivity index (χ1) is 32.7. The second-order valence-electron chi connectivity index (χ2n) is 18.5. The zero-order valence-corrected chi connectivity index (χ0v) is 37.7. The van der Waals surface area contributed by atoms with E-state index in [9.17, 15) is 15.3 Å². The summed E-state index contributed by atoms with van der Waals surface area (Å²) < 4.78 is 0. The van der Waals surface area contributed by atoms with E-state index in [1.54, 1.807) is 0 Å². The second-order valence-corrected chi connectivity index (χ2v) is 18.5. The molecular weight excluding hydrogens is 817 g/mol. The number of fused-ring (bicyclic) bond motifs is 6. The number of phenolic OH excluding ortho intramolecular Hbond substituents is 3. The number of hydrogen-bond acceptors (Lipinski definition) is 3. The van der Waals surface area contributed by atoms with Gasteiger partial charge in [0.2, 0.25) is 0 Å². The molecule has 0 unspecified atom stereocenters. The van der Waals surface area contributed by atoms with Crippen molar-refractivity contribution in [3.63, 3.8) is 0 Å². The van der Waals surface area contributed by atoms with Crippen LogP contribution in [0.15, 0.2) is 182 Å². The van der Waals surface area contributed by atoms with Crippen LogP contribution in [0.3, 0.4) is 0 Å². The van der Waals surface area contributed by atoms with Crippen LogP contribution in [-0.2, 0) is 6.42 Å². The molecule has 3 nitrogen and oxygen atoms in total. The van der Waals surface area contributed by atoms with Crippen LogP contribution in [0.1, 0.15) is 56.8 Å². The van der Waals surface area contributed by atoms with E-state index in [4.69, 9.17) is 0 Å². The summed E-state index contributed by atoms with van der Waals surface area (Å²) in [6, 6.07) is 61.8. The summed E-state index contributed by atoms with van der Waals surface area (Å²) in [7, 11) is 0. The van der Waals surface area contributed by atoms with Gasteiger partial charge in [-0.15, -0.1) is 0 Å². The molecule has 0 aromatic heterocycles. The van der Waals surface area contributed by atoms with Crippen molar-refractivity contribution in [1.29, 1.82) is 0 Å². The molecule has 0 saturated carbocycles. The Labute approximate surface area is 390 Å². The molecule has 0 aliphatic heterocycles. The van der Waals surface area contributed by atoms with Gasteiger partial charge >= 0.3 is 0 Å². The number of phenols is 3. The van der Waals surface area contributed by atoms with Gasteiger partial charge in [0.1, 0.15) is 17.2 Å². The highest BCUT2D eigenvalue weighted by molar-refractivity contribution is 6.14. The van der Waals surface area contributed by atoms with Crippen LogP contribution in [0.2, 0.25) is 0 Å². The van der Waals surface area contributed by atoms with Crippen LogP contribution in [0.25, 0.3) is 93.3 Å². The van der Waals surface area contributed by atoms with Crippen molar-refractivity contribution in [2.75, 3.05) is 0 Å². The molecule has 3 N–H and O–H groups in total. The third-order valence-corrected chi connectivity index (χ3v) is 14.4. The highest BCUT2D eigenvalue weighted by Crippen LogP contribution is 2.52. The monoisotopic (exact) mass is 864 g/mol. The zero-order chi connectivity index (χ0) is 45.5. The molecule has 1 aliphatic carbocycles. The summed E-state index contributed by atoms with van der Waals surface area (Å²) in [5.74, 6) is -0.470. The maximum absolute atomic E-state index is 12.7. The smallest absolute Gasteiger partial charge is 0.122 e. The molecule has 67 heavy (non-hydrogen) atoms. The Kier molecular flexibility index (Phi) is 9.51. The predicted molar refractivity (Wildman–Crippen MR) is 281 cm³/mol. The van der Waals surface area contributed by atoms with Crippen molar-refractivity contribution in [2.24, 2.45) is 0 Å². The minimum atomic E-state index is -0.820. The van der Waals surface area contributed by atoms with E-state index >= 15 is 0 Å². The molecule has 0 amide bonds. The van der Waals surface area contributed by atoms with Crippen molar-refractivity contribution in [2.45, 2.75) is 39.5 Å². The van der Waals surface area contributed by atoms with Crippen LogP contribution in [0.5, 0.6) is 17.2 Å². The molecule has 0 fully saturated rings. The third-order valence-electron chi connectivity index (χ3n) is 14.4. The molecule has 11 aromatic rings. The lowest BCUT2D eigenvalue weighted by Crippen LogP contribution is -2.08. The Hall–Kier alpha value is -8.14. The van der Waals surface area contributed by atoms with E-state index < -0.39 is 5.92 Å². The number of rotatable bonds is 6. The fraction of sp³-hybridized carbons (Fsp3) is 0.0938. The quantitative estimate of drug-likeness (QED) is 0.115. The lowest BCUT2D eigenvalue weighted by atomic mass is 9.77. The maximum Gasteiger partial charge on any atom is 0.122 e. The zero-order valence-electron chi connectivity index (χ0n) is 37.7. The fourth-order valence-corrected chi connectivity index (χ4v) is 11.2. The normalized spacial score (nSPS) is 12.5. The van der Waals surface area contributed by atoms with E-state index in [1.807, 2.05) is 20.8 Å². The van der Waals surface area contributed by atoms with Gasteiger partial charge in [0.25, 0.3) is 0 Å². The molecule has 1 aliphatic rings. The van der Waals surface area contributed by atoms with Crippen molar-refractivity contribution in [1.82, 2.24) is 0 Å². The standard InChI is InChI=1S/C64H48O3/c1-37-28-46(58-49-22-10-4-16-40(49)31-41-17-5-11-23-50(41)58)34-55(62(37)65)61(56-35-47(29-38(2)63(56)66)59-51-24-12-6-18-42(51)32-43-19-7-13-25-52(43)59)57-36-48(30-39(3)64(57)67)60-53-26-14-8-20-44(53)33-45-21-9-15-27-54(45)60/h4-8,10-20,22-36,61,65-67H,9,21H2,1-3H3. The first-order valence-electron chi connectivity index (χ1n) is 23.3. The summed E-state index contributed by atoms with van der Waals surface area (Å²) >= 11 is 0. The highest BCUT2D eigenvalue weighted by atomic mass is 16.3. The van der Waals surface area contributed by atoms with Crippen LogP contribution >= 0.6 is 0 Å². The van der Waals surface area contributed by atoms with Crippen LogP contribution in [0.4, 0.5) is 0 Å². The van der Waals surface area contributed by atoms with Crippen LogP contribution in [-0.4, -0.2) is 15.3 Å². The molecule has 11 aromatic carbocycles. The second kappa shape index (κ2) is 15.8. The summed E-state index contributed by atoms with van der Waals surface area (Å²) in [5.41, 5.74) is 12.5. The Morgan fingerprint density at radius 1 is 0.373 bits per heavy atom. The lowest BCUT2D eigenvalue weighted by molar-refractivity contribution is 0.446. The Balaban J connectivity index is 1.20. The van der Waals surface area contributed by atoms with Crippen LogP contribution in [0, 0.1) is 20.8 Å². The van der Waals surface area contributed by atoms with E-state index in [0.29, 0.717) is 33.4 Å².